The van der Waals surface area contributed by atoms with Crippen LogP contribution in [0.1, 0.15) is 12.0 Å². The van der Waals surface area contributed by atoms with Crippen molar-refractivity contribution in [1.29, 1.82) is 0 Å². The first kappa shape index (κ1) is 9.86. The van der Waals surface area contributed by atoms with E-state index in [1.54, 1.807) is 19.2 Å². The molecule has 72 valence electrons. The Morgan fingerprint density at radius 2 is 2.23 bits per heavy atom. The van der Waals surface area contributed by atoms with Gasteiger partial charge in [0.05, 0.1) is 7.11 Å². The number of hydrogen-bond acceptors (Lipinski definition) is 3. The summed E-state index contributed by atoms with van der Waals surface area (Å²) in [6.45, 7) is 0.623. The molecule has 0 spiro atoms. The number of phenols is 1. The van der Waals surface area contributed by atoms with Crippen molar-refractivity contribution in [2.24, 2.45) is 5.73 Å². The molecule has 0 saturated carbocycles. The molecule has 13 heavy (non-hydrogen) atoms. The number of rotatable bonds is 4. The van der Waals surface area contributed by atoms with Gasteiger partial charge in [-0.05, 0) is 31.5 Å². The summed E-state index contributed by atoms with van der Waals surface area (Å²) in [5.41, 5.74) is 6.24. The van der Waals surface area contributed by atoms with Crippen molar-refractivity contribution in [2.75, 3.05) is 13.7 Å². The highest BCUT2D eigenvalue weighted by atomic mass is 16.5. The molecule has 3 N–H and O–H groups in total. The second-order valence-electron chi connectivity index (χ2n) is 2.85. The maximum absolute atomic E-state index is 9.53. The molecule has 3 heteroatoms. The number of aromatic hydroxyl groups is 1. The highest BCUT2D eigenvalue weighted by Crippen LogP contribution is 2.28. The predicted molar refractivity (Wildman–Crippen MR) is 52.0 cm³/mol. The van der Waals surface area contributed by atoms with Gasteiger partial charge < -0.3 is 15.6 Å². The second kappa shape index (κ2) is 4.72. The van der Waals surface area contributed by atoms with Crippen LogP contribution < -0.4 is 10.5 Å². The Labute approximate surface area is 78.1 Å². The first-order chi connectivity index (χ1) is 6.29. The number of ether oxygens (including phenoxy) is 1. The molecule has 0 amide bonds. The number of methoxy groups -OCH3 is 1. The molecule has 3 nitrogen and oxygen atoms in total. The first-order valence-electron chi connectivity index (χ1n) is 4.34. The van der Waals surface area contributed by atoms with Gasteiger partial charge in [0.15, 0.2) is 0 Å². The maximum Gasteiger partial charge on any atom is 0.125 e. The van der Waals surface area contributed by atoms with E-state index in [9.17, 15) is 5.11 Å². The van der Waals surface area contributed by atoms with E-state index < -0.39 is 0 Å². The van der Waals surface area contributed by atoms with Crippen molar-refractivity contribution in [2.45, 2.75) is 12.8 Å². The highest BCUT2D eigenvalue weighted by molar-refractivity contribution is 5.43. The van der Waals surface area contributed by atoms with Crippen molar-refractivity contribution in [3.63, 3.8) is 0 Å². The van der Waals surface area contributed by atoms with Gasteiger partial charge in [0.2, 0.25) is 0 Å². The summed E-state index contributed by atoms with van der Waals surface area (Å²) < 4.78 is 5.12. The molecule has 0 heterocycles. The Balaban J connectivity index is 2.87. The van der Waals surface area contributed by atoms with Gasteiger partial charge in [-0.1, -0.05) is 6.07 Å². The Morgan fingerprint density at radius 3 is 2.85 bits per heavy atom. The van der Waals surface area contributed by atoms with Gasteiger partial charge in [-0.3, -0.25) is 0 Å². The lowest BCUT2D eigenvalue weighted by Crippen LogP contribution is -2.01. The molecule has 0 aliphatic heterocycles. The standard InChI is InChI=1S/C10H15NO2/c1-13-10-6-2-5-9(12)8(10)4-3-7-11/h2,5-6,12H,3-4,7,11H2,1H3. The molecule has 0 bridgehead atoms. The van der Waals surface area contributed by atoms with E-state index in [-0.39, 0.29) is 5.75 Å². The van der Waals surface area contributed by atoms with Crippen LogP contribution in [-0.2, 0) is 6.42 Å². The molecule has 1 aromatic rings. The molecule has 0 unspecified atom stereocenters. The summed E-state index contributed by atoms with van der Waals surface area (Å²) in [4.78, 5) is 0. The first-order valence-corrected chi connectivity index (χ1v) is 4.34. The Hall–Kier alpha value is -1.22. The van der Waals surface area contributed by atoms with E-state index in [2.05, 4.69) is 0 Å². The fourth-order valence-electron chi connectivity index (χ4n) is 1.28. The van der Waals surface area contributed by atoms with Crippen LogP contribution in [0, 0.1) is 0 Å². The third kappa shape index (κ3) is 2.36. The van der Waals surface area contributed by atoms with Gasteiger partial charge in [0.1, 0.15) is 11.5 Å². The van der Waals surface area contributed by atoms with Crippen LogP contribution in [-0.4, -0.2) is 18.8 Å². The van der Waals surface area contributed by atoms with Crippen LogP contribution in [0.25, 0.3) is 0 Å². The zero-order valence-corrected chi connectivity index (χ0v) is 7.79. The molecular weight excluding hydrogens is 166 g/mol. The molecule has 1 aromatic carbocycles. The minimum Gasteiger partial charge on any atom is -0.508 e. The lowest BCUT2D eigenvalue weighted by molar-refractivity contribution is 0.399. The van der Waals surface area contributed by atoms with Crippen molar-refractivity contribution < 1.29 is 9.84 Å². The average molecular weight is 181 g/mol. The Kier molecular flexibility index (Phi) is 3.58. The molecule has 0 aliphatic rings. The van der Waals surface area contributed by atoms with Gasteiger partial charge in [0, 0.05) is 5.56 Å². The lowest BCUT2D eigenvalue weighted by atomic mass is 10.1. The quantitative estimate of drug-likeness (QED) is 0.736. The van der Waals surface area contributed by atoms with Crippen LogP contribution in [0.5, 0.6) is 11.5 Å². The normalized spacial score (nSPS) is 10.0. The van der Waals surface area contributed by atoms with Gasteiger partial charge in [-0.25, -0.2) is 0 Å². The van der Waals surface area contributed by atoms with E-state index in [1.165, 1.54) is 0 Å². The highest BCUT2D eigenvalue weighted by Gasteiger charge is 2.06. The summed E-state index contributed by atoms with van der Waals surface area (Å²) in [5, 5.41) is 9.53. The SMILES string of the molecule is COc1cccc(O)c1CCCN. The van der Waals surface area contributed by atoms with Gasteiger partial charge >= 0.3 is 0 Å². The van der Waals surface area contributed by atoms with Crippen molar-refractivity contribution >= 4 is 0 Å². The minimum atomic E-state index is 0.285. The topological polar surface area (TPSA) is 55.5 Å². The van der Waals surface area contributed by atoms with Crippen LogP contribution in [0.15, 0.2) is 18.2 Å². The third-order valence-corrected chi connectivity index (χ3v) is 1.96. The number of hydrogen-bond donors (Lipinski definition) is 2. The summed E-state index contributed by atoms with van der Waals surface area (Å²) in [6, 6.07) is 5.26. The van der Waals surface area contributed by atoms with Gasteiger partial charge in [-0.15, -0.1) is 0 Å². The zero-order valence-electron chi connectivity index (χ0n) is 7.79. The smallest absolute Gasteiger partial charge is 0.125 e. The largest absolute Gasteiger partial charge is 0.508 e. The monoisotopic (exact) mass is 181 g/mol. The summed E-state index contributed by atoms with van der Waals surface area (Å²) >= 11 is 0. The summed E-state index contributed by atoms with van der Waals surface area (Å²) in [6.07, 6.45) is 1.61. The van der Waals surface area contributed by atoms with Crippen LogP contribution in [0.3, 0.4) is 0 Å². The fourth-order valence-corrected chi connectivity index (χ4v) is 1.28. The second-order valence-corrected chi connectivity index (χ2v) is 2.85. The number of phenolic OH excluding ortho intramolecular Hbond substituents is 1. The molecule has 0 aromatic heterocycles. The van der Waals surface area contributed by atoms with E-state index in [1.807, 2.05) is 6.07 Å². The van der Waals surface area contributed by atoms with Gasteiger partial charge in [0.25, 0.3) is 0 Å². The number of nitrogens with two attached hydrogens (primary N) is 1. The lowest BCUT2D eigenvalue weighted by Gasteiger charge is -2.09. The molecule has 0 aliphatic carbocycles. The molecule has 1 rings (SSSR count). The van der Waals surface area contributed by atoms with E-state index >= 15 is 0 Å². The van der Waals surface area contributed by atoms with E-state index in [0.717, 1.165) is 24.2 Å². The summed E-state index contributed by atoms with van der Waals surface area (Å²) in [5.74, 6) is 1.02. The molecule has 0 atom stereocenters. The van der Waals surface area contributed by atoms with Crippen molar-refractivity contribution in [1.82, 2.24) is 0 Å². The predicted octanol–water partition coefficient (Wildman–Crippen LogP) is 1.29. The van der Waals surface area contributed by atoms with Gasteiger partial charge in [-0.2, -0.15) is 0 Å². The minimum absolute atomic E-state index is 0.285. The maximum atomic E-state index is 9.53. The van der Waals surface area contributed by atoms with Crippen LogP contribution in [0.4, 0.5) is 0 Å². The molecule has 0 saturated heterocycles. The third-order valence-electron chi connectivity index (χ3n) is 1.96. The Bertz CT molecular complexity index is 274. The fraction of sp³-hybridized carbons (Fsp3) is 0.400. The van der Waals surface area contributed by atoms with E-state index in [4.69, 9.17) is 10.5 Å². The van der Waals surface area contributed by atoms with Crippen LogP contribution >= 0.6 is 0 Å². The Morgan fingerprint density at radius 1 is 1.46 bits per heavy atom. The van der Waals surface area contributed by atoms with Crippen molar-refractivity contribution in [3.05, 3.63) is 23.8 Å². The zero-order chi connectivity index (χ0) is 9.68. The molecule has 0 fully saturated rings. The van der Waals surface area contributed by atoms with E-state index in [0.29, 0.717) is 6.54 Å². The average Bonchev–Trinajstić information content (AvgIpc) is 2.15. The van der Waals surface area contributed by atoms with Crippen molar-refractivity contribution in [3.8, 4) is 11.5 Å². The molecule has 0 radical (unpaired) electrons. The summed E-state index contributed by atoms with van der Waals surface area (Å²) in [7, 11) is 1.60. The van der Waals surface area contributed by atoms with Crippen LogP contribution in [0.2, 0.25) is 0 Å². The molecular formula is C10H15NO2. The number of benzene rings is 1.